The molecule has 0 amide bonds. The predicted molar refractivity (Wildman–Crippen MR) is 83.5 cm³/mol. The second kappa shape index (κ2) is 6.13. The van der Waals surface area contributed by atoms with Crippen molar-refractivity contribution in [2.45, 2.75) is 83.7 Å². The minimum Gasteiger partial charge on any atom is -0.308 e. The van der Waals surface area contributed by atoms with Gasteiger partial charge in [-0.05, 0) is 52.0 Å². The van der Waals surface area contributed by atoms with E-state index in [9.17, 15) is 0 Å². The lowest BCUT2D eigenvalue weighted by atomic mass is 9.77. The number of hydrogen-bond acceptors (Lipinski definition) is 2. The Morgan fingerprint density at radius 2 is 1.79 bits per heavy atom. The minimum atomic E-state index is 0.333. The molecular weight excluding hydrogens is 232 g/mol. The van der Waals surface area contributed by atoms with Gasteiger partial charge in [-0.3, -0.25) is 4.90 Å². The van der Waals surface area contributed by atoms with Crippen LogP contribution >= 0.6 is 0 Å². The molecule has 2 heteroatoms. The Morgan fingerprint density at radius 1 is 1.11 bits per heavy atom. The van der Waals surface area contributed by atoms with E-state index in [1.807, 2.05) is 0 Å². The summed E-state index contributed by atoms with van der Waals surface area (Å²) in [6.07, 6.45) is 9.80. The normalized spacial score (nSPS) is 27.0. The van der Waals surface area contributed by atoms with E-state index in [1.165, 1.54) is 58.0 Å². The SMILES string of the molecule is CC(C)CCCN1CC2(CCCCC2)NCC1(C)C. The number of piperazine rings is 1. The highest BCUT2D eigenvalue weighted by Crippen LogP contribution is 2.34. The highest BCUT2D eigenvalue weighted by Gasteiger charge is 2.42. The maximum absolute atomic E-state index is 3.91. The second-order valence-corrected chi connectivity index (χ2v) is 7.96. The summed E-state index contributed by atoms with van der Waals surface area (Å²) in [6.45, 7) is 13.2. The Labute approximate surface area is 120 Å². The molecule has 2 fully saturated rings. The van der Waals surface area contributed by atoms with Gasteiger partial charge in [-0.1, -0.05) is 33.1 Å². The molecule has 1 aliphatic carbocycles. The molecule has 1 N–H and O–H groups in total. The second-order valence-electron chi connectivity index (χ2n) is 7.96. The molecule has 0 aromatic carbocycles. The smallest absolute Gasteiger partial charge is 0.0309 e. The maximum atomic E-state index is 3.91. The molecule has 1 aliphatic heterocycles. The molecule has 112 valence electrons. The van der Waals surface area contributed by atoms with E-state index in [-0.39, 0.29) is 0 Å². The third-order valence-electron chi connectivity index (χ3n) is 5.27. The van der Waals surface area contributed by atoms with Gasteiger partial charge >= 0.3 is 0 Å². The number of hydrogen-bond donors (Lipinski definition) is 1. The zero-order valence-corrected chi connectivity index (χ0v) is 13.6. The van der Waals surface area contributed by atoms with Crippen LogP contribution in [-0.4, -0.2) is 35.6 Å². The van der Waals surface area contributed by atoms with Gasteiger partial charge in [-0.25, -0.2) is 0 Å². The lowest BCUT2D eigenvalue weighted by Gasteiger charge is -2.53. The Kier molecular flexibility index (Phi) is 4.94. The first-order chi connectivity index (χ1) is 8.94. The van der Waals surface area contributed by atoms with E-state index in [1.54, 1.807) is 0 Å². The van der Waals surface area contributed by atoms with Gasteiger partial charge in [0.2, 0.25) is 0 Å². The van der Waals surface area contributed by atoms with Crippen LogP contribution in [0.15, 0.2) is 0 Å². The Hall–Kier alpha value is -0.0800. The highest BCUT2D eigenvalue weighted by atomic mass is 15.3. The van der Waals surface area contributed by atoms with Crippen molar-refractivity contribution >= 4 is 0 Å². The molecule has 19 heavy (non-hydrogen) atoms. The molecule has 0 radical (unpaired) electrons. The van der Waals surface area contributed by atoms with Gasteiger partial charge in [0.05, 0.1) is 0 Å². The molecule has 2 aliphatic rings. The Bertz CT molecular complexity index is 277. The van der Waals surface area contributed by atoms with Crippen LogP contribution < -0.4 is 5.32 Å². The lowest BCUT2D eigenvalue weighted by Crippen LogP contribution is -2.68. The van der Waals surface area contributed by atoms with Crippen LogP contribution in [0.3, 0.4) is 0 Å². The molecule has 0 bridgehead atoms. The molecule has 1 saturated heterocycles. The van der Waals surface area contributed by atoms with Crippen LogP contribution in [0.5, 0.6) is 0 Å². The van der Waals surface area contributed by atoms with E-state index < -0.39 is 0 Å². The van der Waals surface area contributed by atoms with Gasteiger partial charge < -0.3 is 5.32 Å². The molecule has 0 atom stereocenters. The van der Waals surface area contributed by atoms with Crippen molar-refractivity contribution in [1.29, 1.82) is 0 Å². The van der Waals surface area contributed by atoms with Crippen molar-refractivity contribution in [3.8, 4) is 0 Å². The Morgan fingerprint density at radius 3 is 2.42 bits per heavy atom. The number of nitrogens with one attached hydrogen (secondary N) is 1. The molecule has 0 unspecified atom stereocenters. The number of rotatable bonds is 4. The predicted octanol–water partition coefficient (Wildman–Crippen LogP) is 3.81. The first-order valence-corrected chi connectivity index (χ1v) is 8.44. The largest absolute Gasteiger partial charge is 0.308 e. The van der Waals surface area contributed by atoms with Gasteiger partial charge in [-0.2, -0.15) is 0 Å². The quantitative estimate of drug-likeness (QED) is 0.832. The fourth-order valence-electron chi connectivity index (χ4n) is 3.79. The molecule has 1 spiro atoms. The summed E-state index contributed by atoms with van der Waals surface area (Å²) in [4.78, 5) is 2.78. The first-order valence-electron chi connectivity index (χ1n) is 8.44. The average Bonchev–Trinajstić information content (AvgIpc) is 2.35. The Balaban J connectivity index is 1.93. The highest BCUT2D eigenvalue weighted by molar-refractivity contribution is 5.02. The minimum absolute atomic E-state index is 0.333. The fourth-order valence-corrected chi connectivity index (χ4v) is 3.79. The van der Waals surface area contributed by atoms with Crippen LogP contribution in [0.4, 0.5) is 0 Å². The van der Waals surface area contributed by atoms with Crippen molar-refractivity contribution in [2.75, 3.05) is 19.6 Å². The molecule has 2 rings (SSSR count). The summed E-state index contributed by atoms with van der Waals surface area (Å²) in [5.41, 5.74) is 0.783. The van der Waals surface area contributed by atoms with Crippen LogP contribution in [0.2, 0.25) is 0 Å². The van der Waals surface area contributed by atoms with Crippen molar-refractivity contribution in [2.24, 2.45) is 5.92 Å². The van der Waals surface area contributed by atoms with E-state index in [0.29, 0.717) is 11.1 Å². The van der Waals surface area contributed by atoms with Crippen molar-refractivity contribution < 1.29 is 0 Å². The van der Waals surface area contributed by atoms with Gasteiger partial charge in [0.15, 0.2) is 0 Å². The van der Waals surface area contributed by atoms with Crippen LogP contribution in [0, 0.1) is 5.92 Å². The van der Waals surface area contributed by atoms with E-state index in [2.05, 4.69) is 37.9 Å². The molecule has 2 nitrogen and oxygen atoms in total. The monoisotopic (exact) mass is 266 g/mol. The molecular formula is C17H34N2. The van der Waals surface area contributed by atoms with E-state index in [0.717, 1.165) is 12.5 Å². The van der Waals surface area contributed by atoms with Gasteiger partial charge in [0.25, 0.3) is 0 Å². The zero-order valence-electron chi connectivity index (χ0n) is 13.6. The lowest BCUT2D eigenvalue weighted by molar-refractivity contribution is 0.00935. The van der Waals surface area contributed by atoms with E-state index >= 15 is 0 Å². The number of nitrogens with zero attached hydrogens (tertiary/aromatic N) is 1. The van der Waals surface area contributed by atoms with Crippen molar-refractivity contribution in [1.82, 2.24) is 10.2 Å². The molecule has 1 saturated carbocycles. The van der Waals surface area contributed by atoms with Gasteiger partial charge in [0, 0.05) is 24.2 Å². The summed E-state index contributed by atoms with van der Waals surface area (Å²) in [7, 11) is 0. The van der Waals surface area contributed by atoms with Crippen LogP contribution in [0.25, 0.3) is 0 Å². The topological polar surface area (TPSA) is 15.3 Å². The molecule has 1 heterocycles. The van der Waals surface area contributed by atoms with Crippen molar-refractivity contribution in [3.63, 3.8) is 0 Å². The third kappa shape index (κ3) is 3.95. The summed E-state index contributed by atoms with van der Waals surface area (Å²) >= 11 is 0. The van der Waals surface area contributed by atoms with Gasteiger partial charge in [-0.15, -0.1) is 0 Å². The summed E-state index contributed by atoms with van der Waals surface area (Å²) in [6, 6.07) is 0. The fraction of sp³-hybridized carbons (Fsp3) is 1.00. The summed E-state index contributed by atoms with van der Waals surface area (Å²) in [5.74, 6) is 0.842. The third-order valence-corrected chi connectivity index (χ3v) is 5.27. The standard InChI is InChI=1S/C17H34N2/c1-15(2)9-8-12-19-14-17(10-6-5-7-11-17)18-13-16(19,3)4/h15,18H,5-14H2,1-4H3. The van der Waals surface area contributed by atoms with Crippen LogP contribution in [-0.2, 0) is 0 Å². The zero-order chi connectivity index (χ0) is 13.9. The maximum Gasteiger partial charge on any atom is 0.0309 e. The first kappa shape index (κ1) is 15.3. The average molecular weight is 266 g/mol. The molecule has 0 aromatic rings. The molecule has 0 aromatic heterocycles. The summed E-state index contributed by atoms with van der Waals surface area (Å²) < 4.78 is 0. The van der Waals surface area contributed by atoms with Gasteiger partial charge in [0.1, 0.15) is 0 Å². The van der Waals surface area contributed by atoms with Crippen molar-refractivity contribution in [3.05, 3.63) is 0 Å². The van der Waals surface area contributed by atoms with E-state index in [4.69, 9.17) is 0 Å². The van der Waals surface area contributed by atoms with Crippen LogP contribution in [0.1, 0.15) is 72.6 Å². The summed E-state index contributed by atoms with van der Waals surface area (Å²) in [5, 5.41) is 3.91.